The number of urea groups is 1. The maximum atomic E-state index is 11.8. The summed E-state index contributed by atoms with van der Waals surface area (Å²) in [5.74, 6) is 0.976. The molecule has 124 valence electrons. The fraction of sp³-hybridized carbons (Fsp3) is 0.400. The second-order valence-corrected chi connectivity index (χ2v) is 5.28. The Morgan fingerprint density at radius 2 is 2.09 bits per heavy atom. The van der Waals surface area contributed by atoms with Crippen molar-refractivity contribution in [2.45, 2.75) is 19.4 Å². The molecule has 2 amide bonds. The summed E-state index contributed by atoms with van der Waals surface area (Å²) in [5.41, 5.74) is 0.697. The number of hydrogen-bond acceptors (Lipinski definition) is 4. The largest absolute Gasteiger partial charge is 0.357 e. The standard InChI is InChI=1S/C15H20N6O.ClH/c22-15(17-6-10-20-9-5-16-12-20)19-13-3-4-14(18-11-13)21-7-1-2-8-21;/h3-5,9,11-12H,1-2,6-8,10H2,(H2,17,19,22);1H. The molecule has 0 unspecified atom stereocenters. The molecule has 0 saturated carbocycles. The van der Waals surface area contributed by atoms with Gasteiger partial charge in [0.05, 0.1) is 18.2 Å². The van der Waals surface area contributed by atoms with Crippen molar-refractivity contribution in [3.05, 3.63) is 37.1 Å². The maximum Gasteiger partial charge on any atom is 0.319 e. The van der Waals surface area contributed by atoms with Crippen molar-refractivity contribution >= 4 is 29.9 Å². The van der Waals surface area contributed by atoms with E-state index in [0.717, 1.165) is 18.9 Å². The zero-order valence-corrected chi connectivity index (χ0v) is 13.6. The molecule has 3 heterocycles. The van der Waals surface area contributed by atoms with Crippen molar-refractivity contribution in [2.24, 2.45) is 0 Å². The van der Waals surface area contributed by atoms with Crippen LogP contribution in [0.1, 0.15) is 12.8 Å². The summed E-state index contributed by atoms with van der Waals surface area (Å²) in [6, 6.07) is 3.61. The average Bonchev–Trinajstić information content (AvgIpc) is 3.21. The molecule has 0 aliphatic carbocycles. The van der Waals surface area contributed by atoms with Gasteiger partial charge >= 0.3 is 6.03 Å². The van der Waals surface area contributed by atoms with Crippen LogP contribution in [0.4, 0.5) is 16.3 Å². The first-order valence-electron chi connectivity index (χ1n) is 7.53. The Kier molecular flexibility index (Phi) is 6.22. The van der Waals surface area contributed by atoms with E-state index in [1.807, 2.05) is 22.9 Å². The van der Waals surface area contributed by atoms with Gasteiger partial charge in [0.1, 0.15) is 5.82 Å². The summed E-state index contributed by atoms with van der Waals surface area (Å²) in [4.78, 5) is 22.4. The van der Waals surface area contributed by atoms with Gasteiger partial charge in [-0.05, 0) is 25.0 Å². The number of hydrogen-bond donors (Lipinski definition) is 2. The van der Waals surface area contributed by atoms with Crippen LogP contribution in [0, 0.1) is 0 Å². The van der Waals surface area contributed by atoms with Crippen LogP contribution in [0.2, 0.25) is 0 Å². The zero-order valence-electron chi connectivity index (χ0n) is 12.8. The zero-order chi connectivity index (χ0) is 15.2. The third kappa shape index (κ3) is 4.85. The first-order valence-corrected chi connectivity index (χ1v) is 7.53. The monoisotopic (exact) mass is 336 g/mol. The van der Waals surface area contributed by atoms with E-state index in [9.17, 15) is 4.79 Å². The lowest BCUT2D eigenvalue weighted by molar-refractivity contribution is 0.251. The summed E-state index contributed by atoms with van der Waals surface area (Å²) in [6.45, 7) is 3.37. The predicted octanol–water partition coefficient (Wildman–Crippen LogP) is 2.12. The van der Waals surface area contributed by atoms with Crippen LogP contribution in [-0.4, -0.2) is 40.2 Å². The molecule has 2 aromatic rings. The number of anilines is 2. The molecular formula is C15H21ClN6O. The molecule has 0 spiro atoms. The Hall–Kier alpha value is -2.28. The van der Waals surface area contributed by atoms with Crippen LogP contribution >= 0.6 is 12.4 Å². The number of pyridine rings is 1. The van der Waals surface area contributed by atoms with Crippen LogP contribution in [0.15, 0.2) is 37.1 Å². The molecule has 1 saturated heterocycles. The quantitative estimate of drug-likeness (QED) is 0.877. The Bertz CT molecular complexity index is 595. The fourth-order valence-electron chi connectivity index (χ4n) is 2.49. The van der Waals surface area contributed by atoms with Gasteiger partial charge < -0.3 is 20.1 Å². The lowest BCUT2D eigenvalue weighted by atomic mass is 10.4. The molecule has 8 heteroatoms. The van der Waals surface area contributed by atoms with E-state index in [2.05, 4.69) is 25.5 Å². The number of carbonyl (C=O) groups excluding carboxylic acids is 1. The molecule has 7 nitrogen and oxygen atoms in total. The smallest absolute Gasteiger partial charge is 0.319 e. The number of rotatable bonds is 5. The molecule has 1 aliphatic rings. The maximum absolute atomic E-state index is 11.8. The second kappa shape index (κ2) is 8.38. The summed E-state index contributed by atoms with van der Waals surface area (Å²) in [5, 5.41) is 5.59. The van der Waals surface area contributed by atoms with Gasteiger partial charge in [-0.2, -0.15) is 0 Å². The van der Waals surface area contributed by atoms with Gasteiger partial charge in [-0.1, -0.05) is 0 Å². The molecule has 2 aromatic heterocycles. The van der Waals surface area contributed by atoms with E-state index in [1.165, 1.54) is 12.8 Å². The van der Waals surface area contributed by atoms with Crippen LogP contribution in [0.5, 0.6) is 0 Å². The highest BCUT2D eigenvalue weighted by Gasteiger charge is 2.13. The van der Waals surface area contributed by atoms with E-state index in [1.54, 1.807) is 18.7 Å². The molecule has 0 radical (unpaired) electrons. The fourth-order valence-corrected chi connectivity index (χ4v) is 2.49. The number of carbonyl (C=O) groups is 1. The minimum Gasteiger partial charge on any atom is -0.357 e. The second-order valence-electron chi connectivity index (χ2n) is 5.28. The Balaban J connectivity index is 0.00000192. The molecule has 1 aliphatic heterocycles. The third-order valence-corrected chi connectivity index (χ3v) is 3.65. The molecular weight excluding hydrogens is 316 g/mol. The van der Waals surface area contributed by atoms with E-state index < -0.39 is 0 Å². The lowest BCUT2D eigenvalue weighted by Crippen LogP contribution is -2.31. The van der Waals surface area contributed by atoms with Gasteiger partial charge in [0, 0.05) is 38.6 Å². The summed E-state index contributed by atoms with van der Waals surface area (Å²) in [6.07, 6.45) is 9.44. The number of imidazole rings is 1. The van der Waals surface area contributed by atoms with E-state index in [4.69, 9.17) is 0 Å². The SMILES string of the molecule is Cl.O=C(NCCn1ccnc1)Nc1ccc(N2CCCC2)nc1. The molecule has 0 aromatic carbocycles. The first kappa shape index (κ1) is 17.1. The van der Waals surface area contributed by atoms with Gasteiger partial charge in [0.2, 0.25) is 0 Å². The normalized spacial score (nSPS) is 13.5. The minimum absolute atomic E-state index is 0. The van der Waals surface area contributed by atoms with E-state index >= 15 is 0 Å². The summed E-state index contributed by atoms with van der Waals surface area (Å²) >= 11 is 0. The van der Waals surface area contributed by atoms with Crippen molar-refractivity contribution in [1.82, 2.24) is 19.9 Å². The highest BCUT2D eigenvalue weighted by Crippen LogP contribution is 2.18. The molecule has 23 heavy (non-hydrogen) atoms. The predicted molar refractivity (Wildman–Crippen MR) is 92.2 cm³/mol. The number of halogens is 1. The van der Waals surface area contributed by atoms with Crippen LogP contribution in [0.3, 0.4) is 0 Å². The number of aromatic nitrogens is 3. The summed E-state index contributed by atoms with van der Waals surface area (Å²) in [7, 11) is 0. The van der Waals surface area contributed by atoms with Crippen molar-refractivity contribution in [1.29, 1.82) is 0 Å². The van der Waals surface area contributed by atoms with Crippen LogP contribution < -0.4 is 15.5 Å². The van der Waals surface area contributed by atoms with Crippen molar-refractivity contribution in [2.75, 3.05) is 29.9 Å². The van der Waals surface area contributed by atoms with Crippen molar-refractivity contribution in [3.63, 3.8) is 0 Å². The Morgan fingerprint density at radius 1 is 1.26 bits per heavy atom. The van der Waals surface area contributed by atoms with Crippen molar-refractivity contribution in [3.8, 4) is 0 Å². The van der Waals surface area contributed by atoms with E-state index in [0.29, 0.717) is 18.8 Å². The Morgan fingerprint density at radius 3 is 2.74 bits per heavy atom. The third-order valence-electron chi connectivity index (χ3n) is 3.65. The molecule has 2 N–H and O–H groups in total. The van der Waals surface area contributed by atoms with E-state index in [-0.39, 0.29) is 18.4 Å². The van der Waals surface area contributed by atoms with Gasteiger partial charge in [-0.3, -0.25) is 0 Å². The number of amides is 2. The molecule has 0 bridgehead atoms. The highest BCUT2D eigenvalue weighted by molar-refractivity contribution is 5.89. The van der Waals surface area contributed by atoms with Gasteiger partial charge in [-0.15, -0.1) is 12.4 Å². The van der Waals surface area contributed by atoms with Gasteiger partial charge in [0.25, 0.3) is 0 Å². The minimum atomic E-state index is -0.226. The van der Waals surface area contributed by atoms with Crippen LogP contribution in [0.25, 0.3) is 0 Å². The Labute approximate surface area is 141 Å². The van der Waals surface area contributed by atoms with Crippen LogP contribution in [-0.2, 0) is 6.54 Å². The average molecular weight is 337 g/mol. The number of nitrogens with one attached hydrogen (secondary N) is 2. The topological polar surface area (TPSA) is 75.1 Å². The molecule has 1 fully saturated rings. The number of nitrogens with zero attached hydrogens (tertiary/aromatic N) is 4. The van der Waals surface area contributed by atoms with Gasteiger partial charge in [-0.25, -0.2) is 14.8 Å². The van der Waals surface area contributed by atoms with Gasteiger partial charge in [0.15, 0.2) is 0 Å². The molecule has 3 rings (SSSR count). The summed E-state index contributed by atoms with van der Waals surface area (Å²) < 4.78 is 1.91. The lowest BCUT2D eigenvalue weighted by Gasteiger charge is -2.16. The van der Waals surface area contributed by atoms with Crippen molar-refractivity contribution < 1.29 is 4.79 Å². The molecule has 0 atom stereocenters. The highest BCUT2D eigenvalue weighted by atomic mass is 35.5. The first-order chi connectivity index (χ1) is 10.8.